The molecule has 0 amide bonds. The molecule has 4 heteroatoms. The van der Waals surface area contributed by atoms with Gasteiger partial charge in [-0.3, -0.25) is 4.79 Å². The van der Waals surface area contributed by atoms with E-state index in [1.54, 1.807) is 10.6 Å². The number of rotatable bonds is 4. The Morgan fingerprint density at radius 3 is 2.90 bits per heavy atom. The Morgan fingerprint density at radius 2 is 2.19 bits per heavy atom. The van der Waals surface area contributed by atoms with E-state index >= 15 is 0 Å². The molecule has 1 aromatic carbocycles. The lowest BCUT2D eigenvalue weighted by Gasteiger charge is -2.14. The Hall–Kier alpha value is -2.07. The second-order valence-electron chi connectivity index (χ2n) is 5.19. The lowest BCUT2D eigenvalue weighted by atomic mass is 10.0. The largest absolute Gasteiger partial charge is 0.463 e. The van der Waals surface area contributed by atoms with Crippen LogP contribution in [0.3, 0.4) is 0 Å². The summed E-state index contributed by atoms with van der Waals surface area (Å²) in [4.78, 5) is 12.8. The summed E-state index contributed by atoms with van der Waals surface area (Å²) in [6.07, 6.45) is 1.35. The Bertz CT molecular complexity index is 748. The van der Waals surface area contributed by atoms with Crippen molar-refractivity contribution in [1.82, 2.24) is 4.57 Å². The normalized spacial score (nSPS) is 20.3. The first-order valence-electron chi connectivity index (χ1n) is 7.23. The predicted octanol–water partition coefficient (Wildman–Crippen LogP) is 3.05. The molecule has 1 aliphatic rings. The average Bonchev–Trinajstić information content (AvgIpc) is 2.82. The van der Waals surface area contributed by atoms with Gasteiger partial charge < -0.3 is 14.0 Å². The van der Waals surface area contributed by atoms with Crippen molar-refractivity contribution >= 4 is 10.9 Å². The van der Waals surface area contributed by atoms with Crippen molar-refractivity contribution in [2.24, 2.45) is 0 Å². The first-order valence-corrected chi connectivity index (χ1v) is 7.23. The summed E-state index contributed by atoms with van der Waals surface area (Å²) in [5, 5.41) is 0.947. The molecule has 0 spiro atoms. The summed E-state index contributed by atoms with van der Waals surface area (Å²) < 4.78 is 13.3. The molecule has 0 bridgehead atoms. The van der Waals surface area contributed by atoms with E-state index in [0.717, 1.165) is 10.9 Å². The fourth-order valence-corrected chi connectivity index (χ4v) is 2.93. The number of hydrogen-bond acceptors (Lipinski definition) is 3. The molecular formula is C17H19NO3. The number of allylic oxidation sites excluding steroid dienone is 1. The monoisotopic (exact) mass is 285 g/mol. The van der Waals surface area contributed by atoms with E-state index in [2.05, 4.69) is 6.58 Å². The third-order valence-corrected chi connectivity index (χ3v) is 3.90. The quantitative estimate of drug-likeness (QED) is 0.811. The molecule has 0 fully saturated rings. The second-order valence-corrected chi connectivity index (χ2v) is 5.19. The molecule has 110 valence electrons. The average molecular weight is 285 g/mol. The maximum Gasteiger partial charge on any atom is 0.258 e. The topological polar surface area (TPSA) is 40.5 Å². The van der Waals surface area contributed by atoms with Gasteiger partial charge in [0.05, 0.1) is 17.0 Å². The zero-order valence-corrected chi connectivity index (χ0v) is 12.3. The van der Waals surface area contributed by atoms with Crippen LogP contribution in [0.4, 0.5) is 0 Å². The highest BCUT2D eigenvalue weighted by molar-refractivity contribution is 5.87. The standard InChI is InChI=1S/C17H19NO3/c1-4-10-18-13-9-7-6-8-12(13)15-14(16(18)19)11(3)17(21-15)20-5-2/h4,6-9,11,17H,1,5,10H2,2-3H3. The van der Waals surface area contributed by atoms with Crippen molar-refractivity contribution in [3.8, 4) is 5.75 Å². The minimum absolute atomic E-state index is 0.0155. The molecule has 2 heterocycles. The zero-order valence-electron chi connectivity index (χ0n) is 12.3. The van der Waals surface area contributed by atoms with Crippen molar-refractivity contribution in [3.05, 3.63) is 52.8 Å². The Labute approximate surface area is 123 Å². The van der Waals surface area contributed by atoms with E-state index in [4.69, 9.17) is 9.47 Å². The molecule has 1 aliphatic heterocycles. The van der Waals surface area contributed by atoms with Crippen molar-refractivity contribution in [2.75, 3.05) is 6.61 Å². The van der Waals surface area contributed by atoms with Gasteiger partial charge in [0.15, 0.2) is 0 Å². The van der Waals surface area contributed by atoms with Gasteiger partial charge in [-0.05, 0) is 19.1 Å². The highest BCUT2D eigenvalue weighted by Gasteiger charge is 2.36. The van der Waals surface area contributed by atoms with Crippen LogP contribution in [-0.2, 0) is 11.3 Å². The van der Waals surface area contributed by atoms with Crippen LogP contribution in [0.15, 0.2) is 41.7 Å². The van der Waals surface area contributed by atoms with Crippen molar-refractivity contribution in [3.63, 3.8) is 0 Å². The maximum absolute atomic E-state index is 12.8. The van der Waals surface area contributed by atoms with E-state index in [0.29, 0.717) is 24.5 Å². The van der Waals surface area contributed by atoms with Gasteiger partial charge in [0.1, 0.15) is 5.75 Å². The third kappa shape index (κ3) is 2.07. The van der Waals surface area contributed by atoms with Crippen molar-refractivity contribution in [2.45, 2.75) is 32.6 Å². The van der Waals surface area contributed by atoms with E-state index in [-0.39, 0.29) is 17.8 Å². The van der Waals surface area contributed by atoms with E-state index < -0.39 is 0 Å². The molecule has 1 aromatic heterocycles. The van der Waals surface area contributed by atoms with Gasteiger partial charge >= 0.3 is 0 Å². The molecule has 0 saturated carbocycles. The maximum atomic E-state index is 12.8. The Balaban J connectivity index is 2.29. The van der Waals surface area contributed by atoms with Crippen LogP contribution in [0.1, 0.15) is 25.3 Å². The van der Waals surface area contributed by atoms with Crippen LogP contribution in [0, 0.1) is 0 Å². The van der Waals surface area contributed by atoms with Crippen molar-refractivity contribution in [1.29, 1.82) is 0 Å². The van der Waals surface area contributed by atoms with Gasteiger partial charge in [0, 0.05) is 18.5 Å². The second kappa shape index (κ2) is 5.37. The third-order valence-electron chi connectivity index (χ3n) is 3.90. The van der Waals surface area contributed by atoms with Gasteiger partial charge in [-0.2, -0.15) is 0 Å². The lowest BCUT2D eigenvalue weighted by molar-refractivity contribution is -0.0728. The lowest BCUT2D eigenvalue weighted by Crippen LogP contribution is -2.26. The highest BCUT2D eigenvalue weighted by atomic mass is 16.7. The van der Waals surface area contributed by atoms with Crippen LogP contribution < -0.4 is 10.3 Å². The molecule has 2 atom stereocenters. The Morgan fingerprint density at radius 1 is 1.43 bits per heavy atom. The SMILES string of the molecule is C=CCn1c(=O)c2c(c3ccccc31)OC(OCC)C2C. The number of aromatic nitrogens is 1. The molecule has 2 unspecified atom stereocenters. The van der Waals surface area contributed by atoms with Gasteiger partial charge in [0.2, 0.25) is 6.29 Å². The van der Waals surface area contributed by atoms with E-state index in [1.165, 1.54) is 0 Å². The van der Waals surface area contributed by atoms with Gasteiger partial charge in [-0.15, -0.1) is 6.58 Å². The molecule has 0 N–H and O–H groups in total. The fraction of sp³-hybridized carbons (Fsp3) is 0.353. The molecule has 0 saturated heterocycles. The fourth-order valence-electron chi connectivity index (χ4n) is 2.93. The minimum atomic E-state index is -0.388. The summed E-state index contributed by atoms with van der Waals surface area (Å²) in [6.45, 7) is 8.68. The smallest absolute Gasteiger partial charge is 0.258 e. The number of pyridine rings is 1. The number of para-hydroxylation sites is 1. The highest BCUT2D eigenvalue weighted by Crippen LogP contribution is 2.40. The summed E-state index contributed by atoms with van der Waals surface area (Å²) in [5.41, 5.74) is 1.55. The van der Waals surface area contributed by atoms with E-state index in [9.17, 15) is 4.79 Å². The van der Waals surface area contributed by atoms with E-state index in [1.807, 2.05) is 38.1 Å². The van der Waals surface area contributed by atoms with Crippen LogP contribution >= 0.6 is 0 Å². The van der Waals surface area contributed by atoms with Crippen LogP contribution in [0.25, 0.3) is 10.9 Å². The van der Waals surface area contributed by atoms with Crippen LogP contribution in [0.5, 0.6) is 5.75 Å². The number of hydrogen-bond donors (Lipinski definition) is 0. The van der Waals surface area contributed by atoms with Crippen LogP contribution in [-0.4, -0.2) is 17.5 Å². The Kier molecular flexibility index (Phi) is 3.55. The summed E-state index contributed by atoms with van der Waals surface area (Å²) in [7, 11) is 0. The molecular weight excluding hydrogens is 266 g/mol. The molecule has 0 radical (unpaired) electrons. The van der Waals surface area contributed by atoms with Crippen LogP contribution in [0.2, 0.25) is 0 Å². The minimum Gasteiger partial charge on any atom is -0.463 e. The number of benzene rings is 1. The predicted molar refractivity (Wildman–Crippen MR) is 82.9 cm³/mol. The summed E-state index contributed by atoms with van der Waals surface area (Å²) >= 11 is 0. The number of nitrogens with zero attached hydrogens (tertiary/aromatic N) is 1. The van der Waals surface area contributed by atoms with Gasteiger partial charge in [-0.25, -0.2) is 0 Å². The zero-order chi connectivity index (χ0) is 15.0. The van der Waals surface area contributed by atoms with Gasteiger partial charge in [0.25, 0.3) is 5.56 Å². The molecule has 2 aromatic rings. The number of fused-ring (bicyclic) bond motifs is 3. The number of ether oxygens (including phenoxy) is 2. The molecule has 0 aliphatic carbocycles. The first-order chi connectivity index (χ1) is 10.2. The van der Waals surface area contributed by atoms with Crippen molar-refractivity contribution < 1.29 is 9.47 Å². The summed E-state index contributed by atoms with van der Waals surface area (Å²) in [5.74, 6) is 0.593. The first kappa shape index (κ1) is 13.9. The molecule has 3 rings (SSSR count). The molecule has 21 heavy (non-hydrogen) atoms. The molecule has 4 nitrogen and oxygen atoms in total. The van der Waals surface area contributed by atoms with Gasteiger partial charge in [-0.1, -0.05) is 25.1 Å². The summed E-state index contributed by atoms with van der Waals surface area (Å²) in [6, 6.07) is 7.79.